The van der Waals surface area contributed by atoms with Crippen LogP contribution in [0.1, 0.15) is 16.7 Å². The Morgan fingerprint density at radius 2 is 1.76 bits per heavy atom. The summed E-state index contributed by atoms with van der Waals surface area (Å²) >= 11 is 0. The van der Waals surface area contributed by atoms with Crippen molar-refractivity contribution in [3.05, 3.63) is 59.2 Å². The van der Waals surface area contributed by atoms with E-state index in [1.807, 2.05) is 0 Å². The van der Waals surface area contributed by atoms with Crippen molar-refractivity contribution in [1.29, 1.82) is 5.41 Å². The summed E-state index contributed by atoms with van der Waals surface area (Å²) in [5.74, 6) is 0.412. The number of hydrogen-bond acceptors (Lipinski definition) is 2. The van der Waals surface area contributed by atoms with Crippen molar-refractivity contribution in [2.75, 3.05) is 0 Å². The SMILES string of the molecule is Cc1cc(Oc2cccc(C(F)(F)F)c2)ccc1C(=N)N. The van der Waals surface area contributed by atoms with Crippen LogP contribution in [0.3, 0.4) is 0 Å². The topological polar surface area (TPSA) is 59.1 Å². The van der Waals surface area contributed by atoms with Crippen LogP contribution in [0.4, 0.5) is 13.2 Å². The van der Waals surface area contributed by atoms with Gasteiger partial charge in [0.05, 0.1) is 5.56 Å². The molecule has 0 atom stereocenters. The maximum Gasteiger partial charge on any atom is 0.416 e. The van der Waals surface area contributed by atoms with Gasteiger partial charge in [-0.1, -0.05) is 6.07 Å². The van der Waals surface area contributed by atoms with Crippen LogP contribution >= 0.6 is 0 Å². The fraction of sp³-hybridized carbons (Fsp3) is 0.133. The first-order chi connectivity index (χ1) is 9.77. The monoisotopic (exact) mass is 294 g/mol. The molecule has 0 aromatic heterocycles. The lowest BCUT2D eigenvalue weighted by Crippen LogP contribution is -2.12. The van der Waals surface area contributed by atoms with Crippen molar-refractivity contribution < 1.29 is 17.9 Å². The van der Waals surface area contributed by atoms with Gasteiger partial charge in [0.15, 0.2) is 0 Å². The zero-order valence-electron chi connectivity index (χ0n) is 11.2. The maximum atomic E-state index is 12.6. The molecule has 6 heteroatoms. The van der Waals surface area contributed by atoms with Crippen molar-refractivity contribution in [2.45, 2.75) is 13.1 Å². The molecule has 0 fully saturated rings. The van der Waals surface area contributed by atoms with E-state index in [-0.39, 0.29) is 11.6 Å². The molecule has 0 aliphatic rings. The molecule has 0 bridgehead atoms. The molecule has 0 aliphatic heterocycles. The summed E-state index contributed by atoms with van der Waals surface area (Å²) in [6.45, 7) is 1.75. The Morgan fingerprint density at radius 3 is 2.33 bits per heavy atom. The molecule has 0 spiro atoms. The molecule has 3 N–H and O–H groups in total. The molecule has 2 aromatic rings. The molecule has 0 radical (unpaired) electrons. The summed E-state index contributed by atoms with van der Waals surface area (Å²) in [7, 11) is 0. The Kier molecular flexibility index (Phi) is 3.88. The number of ether oxygens (including phenoxy) is 1. The van der Waals surface area contributed by atoms with Gasteiger partial charge in [-0.25, -0.2) is 0 Å². The minimum Gasteiger partial charge on any atom is -0.457 e. The second kappa shape index (κ2) is 5.47. The van der Waals surface area contributed by atoms with Crippen LogP contribution in [0, 0.1) is 12.3 Å². The lowest BCUT2D eigenvalue weighted by atomic mass is 10.1. The Hall–Kier alpha value is -2.50. The van der Waals surface area contributed by atoms with Crippen LogP contribution in [0.25, 0.3) is 0 Å². The summed E-state index contributed by atoms with van der Waals surface area (Å²) in [5, 5.41) is 7.38. The average molecular weight is 294 g/mol. The number of rotatable bonds is 3. The molecule has 0 heterocycles. The summed E-state index contributed by atoms with van der Waals surface area (Å²) in [4.78, 5) is 0. The van der Waals surface area contributed by atoms with E-state index >= 15 is 0 Å². The Labute approximate surface area is 119 Å². The summed E-state index contributed by atoms with van der Waals surface area (Å²) in [6, 6.07) is 9.44. The number of halogens is 3. The van der Waals surface area contributed by atoms with Crippen molar-refractivity contribution in [1.82, 2.24) is 0 Å². The second-order valence-electron chi connectivity index (χ2n) is 4.52. The van der Waals surface area contributed by atoms with Gasteiger partial charge in [-0.15, -0.1) is 0 Å². The predicted molar refractivity (Wildman–Crippen MR) is 73.7 cm³/mol. The molecule has 0 aliphatic carbocycles. The highest BCUT2D eigenvalue weighted by molar-refractivity contribution is 5.96. The van der Waals surface area contributed by atoms with Crippen LogP contribution in [0.2, 0.25) is 0 Å². The van der Waals surface area contributed by atoms with E-state index in [1.54, 1.807) is 25.1 Å². The highest BCUT2D eigenvalue weighted by Gasteiger charge is 2.30. The molecule has 3 nitrogen and oxygen atoms in total. The summed E-state index contributed by atoms with van der Waals surface area (Å²) in [5.41, 5.74) is 5.91. The number of nitrogens with one attached hydrogen (secondary N) is 1. The van der Waals surface area contributed by atoms with Gasteiger partial charge in [-0.2, -0.15) is 13.2 Å². The number of alkyl halides is 3. The van der Waals surface area contributed by atoms with E-state index in [2.05, 4.69) is 0 Å². The number of amidine groups is 1. The first-order valence-electron chi connectivity index (χ1n) is 6.07. The lowest BCUT2D eigenvalue weighted by Gasteiger charge is -2.11. The quantitative estimate of drug-likeness (QED) is 0.661. The third-order valence-corrected chi connectivity index (χ3v) is 2.89. The van der Waals surface area contributed by atoms with E-state index in [1.165, 1.54) is 12.1 Å². The molecular weight excluding hydrogens is 281 g/mol. The van der Waals surface area contributed by atoms with Gasteiger partial charge in [0.2, 0.25) is 0 Å². The van der Waals surface area contributed by atoms with E-state index < -0.39 is 11.7 Å². The molecule has 0 saturated heterocycles. The Bertz CT molecular complexity index is 681. The van der Waals surface area contributed by atoms with Crippen molar-refractivity contribution in [3.63, 3.8) is 0 Å². The van der Waals surface area contributed by atoms with Crippen LogP contribution < -0.4 is 10.5 Å². The van der Waals surface area contributed by atoms with Crippen molar-refractivity contribution in [2.24, 2.45) is 5.73 Å². The number of benzene rings is 2. The number of hydrogen-bond donors (Lipinski definition) is 2. The third-order valence-electron chi connectivity index (χ3n) is 2.89. The lowest BCUT2D eigenvalue weighted by molar-refractivity contribution is -0.137. The van der Waals surface area contributed by atoms with Gasteiger partial charge >= 0.3 is 6.18 Å². The Morgan fingerprint density at radius 1 is 1.10 bits per heavy atom. The first kappa shape index (κ1) is 14.9. The highest BCUT2D eigenvalue weighted by Crippen LogP contribution is 2.32. The molecule has 2 aromatic carbocycles. The molecule has 0 unspecified atom stereocenters. The maximum absolute atomic E-state index is 12.6. The Balaban J connectivity index is 2.27. The number of nitrogen functional groups attached to an aromatic ring is 1. The van der Waals surface area contributed by atoms with Gasteiger partial charge in [0.25, 0.3) is 0 Å². The molecule has 0 saturated carbocycles. The minimum absolute atomic E-state index is 0.0712. The number of nitrogens with two attached hydrogens (primary N) is 1. The van der Waals surface area contributed by atoms with Crippen molar-refractivity contribution in [3.8, 4) is 11.5 Å². The normalized spacial score (nSPS) is 11.2. The fourth-order valence-electron chi connectivity index (χ4n) is 1.87. The van der Waals surface area contributed by atoms with E-state index in [0.29, 0.717) is 16.9 Å². The van der Waals surface area contributed by atoms with Gasteiger partial charge in [0, 0.05) is 5.56 Å². The third kappa shape index (κ3) is 3.53. The van der Waals surface area contributed by atoms with Crippen LogP contribution in [0.5, 0.6) is 11.5 Å². The zero-order valence-corrected chi connectivity index (χ0v) is 11.2. The molecule has 2 rings (SSSR count). The summed E-state index contributed by atoms with van der Waals surface area (Å²) < 4.78 is 43.3. The smallest absolute Gasteiger partial charge is 0.416 e. The number of aryl methyl sites for hydroxylation is 1. The largest absolute Gasteiger partial charge is 0.457 e. The predicted octanol–water partition coefficient (Wildman–Crippen LogP) is 4.09. The van der Waals surface area contributed by atoms with E-state index in [9.17, 15) is 13.2 Å². The molecular formula is C15H13F3N2O. The van der Waals surface area contributed by atoms with Crippen LogP contribution in [-0.2, 0) is 6.18 Å². The van der Waals surface area contributed by atoms with Gasteiger partial charge in [-0.3, -0.25) is 5.41 Å². The van der Waals surface area contributed by atoms with Gasteiger partial charge in [-0.05, 0) is 48.9 Å². The second-order valence-corrected chi connectivity index (χ2v) is 4.52. The first-order valence-corrected chi connectivity index (χ1v) is 6.07. The van der Waals surface area contributed by atoms with Crippen LogP contribution in [0.15, 0.2) is 42.5 Å². The summed E-state index contributed by atoms with van der Waals surface area (Å²) in [6.07, 6.45) is -4.41. The average Bonchev–Trinajstić information content (AvgIpc) is 2.37. The van der Waals surface area contributed by atoms with Gasteiger partial charge in [0.1, 0.15) is 17.3 Å². The van der Waals surface area contributed by atoms with E-state index in [4.69, 9.17) is 15.9 Å². The standard InChI is InChI=1S/C15H13F3N2O/c1-9-7-12(5-6-13(9)14(19)20)21-11-4-2-3-10(8-11)15(16,17)18/h2-8H,1H3,(H3,19,20). The fourth-order valence-corrected chi connectivity index (χ4v) is 1.87. The highest BCUT2D eigenvalue weighted by atomic mass is 19.4. The molecule has 0 amide bonds. The zero-order chi connectivity index (χ0) is 15.6. The van der Waals surface area contributed by atoms with E-state index in [0.717, 1.165) is 12.1 Å². The van der Waals surface area contributed by atoms with Crippen LogP contribution in [-0.4, -0.2) is 5.84 Å². The molecule has 110 valence electrons. The van der Waals surface area contributed by atoms with Crippen molar-refractivity contribution >= 4 is 5.84 Å². The molecule has 21 heavy (non-hydrogen) atoms. The minimum atomic E-state index is -4.41. The van der Waals surface area contributed by atoms with Gasteiger partial charge < -0.3 is 10.5 Å².